The summed E-state index contributed by atoms with van der Waals surface area (Å²) in [5, 5.41) is 0.419. The SMILES string of the molecule is CC.CN=C(C1=C(N)CC(C)C(C=O)=C1Cl)c1ccc(C)cc1. The first-order chi connectivity index (χ1) is 11.0. The Bertz CT molecular complexity index is 654. The first kappa shape index (κ1) is 19.2. The van der Waals surface area contributed by atoms with Gasteiger partial charge >= 0.3 is 0 Å². The monoisotopic (exact) mass is 332 g/mol. The van der Waals surface area contributed by atoms with Crippen molar-refractivity contribution in [1.29, 1.82) is 0 Å². The van der Waals surface area contributed by atoms with Gasteiger partial charge in [-0.2, -0.15) is 0 Å². The summed E-state index contributed by atoms with van der Waals surface area (Å²) in [7, 11) is 1.71. The maximum absolute atomic E-state index is 11.3. The number of aliphatic imine (C=N–C) groups is 1. The van der Waals surface area contributed by atoms with Crippen molar-refractivity contribution in [1.82, 2.24) is 0 Å². The Morgan fingerprint density at radius 1 is 1.30 bits per heavy atom. The quantitative estimate of drug-likeness (QED) is 0.659. The molecule has 1 atom stereocenters. The highest BCUT2D eigenvalue weighted by atomic mass is 35.5. The molecule has 1 aliphatic rings. The molecule has 0 aromatic heterocycles. The molecule has 0 fully saturated rings. The second kappa shape index (κ2) is 8.68. The molecular formula is C19H25ClN2O. The van der Waals surface area contributed by atoms with E-state index in [2.05, 4.69) is 4.99 Å². The molecule has 0 heterocycles. The second-order valence-electron chi connectivity index (χ2n) is 5.33. The van der Waals surface area contributed by atoms with E-state index in [0.717, 1.165) is 17.6 Å². The van der Waals surface area contributed by atoms with E-state index in [1.54, 1.807) is 7.05 Å². The molecule has 0 saturated heterocycles. The van der Waals surface area contributed by atoms with Crippen molar-refractivity contribution in [3.05, 3.63) is 57.3 Å². The minimum absolute atomic E-state index is 0.0369. The molecule has 0 bridgehead atoms. The Morgan fingerprint density at radius 2 is 1.87 bits per heavy atom. The Hall–Kier alpha value is -1.87. The maximum atomic E-state index is 11.3. The lowest BCUT2D eigenvalue weighted by Crippen LogP contribution is -2.22. The molecule has 0 amide bonds. The van der Waals surface area contributed by atoms with Crippen LogP contribution in [-0.4, -0.2) is 19.0 Å². The first-order valence-corrected chi connectivity index (χ1v) is 8.25. The van der Waals surface area contributed by atoms with Crippen LogP contribution in [0.3, 0.4) is 0 Å². The third-order valence-electron chi connectivity index (χ3n) is 3.76. The van der Waals surface area contributed by atoms with Crippen LogP contribution in [-0.2, 0) is 4.79 Å². The fourth-order valence-corrected chi connectivity index (χ4v) is 3.01. The summed E-state index contributed by atoms with van der Waals surface area (Å²) in [5.41, 5.74) is 11.0. The molecule has 124 valence electrons. The molecule has 1 aromatic rings. The lowest BCUT2D eigenvalue weighted by molar-refractivity contribution is -0.105. The highest BCUT2D eigenvalue weighted by molar-refractivity contribution is 6.39. The van der Waals surface area contributed by atoms with E-state index in [1.807, 2.05) is 52.0 Å². The molecule has 0 spiro atoms. The fourth-order valence-electron chi connectivity index (χ4n) is 2.56. The van der Waals surface area contributed by atoms with Gasteiger partial charge in [0.25, 0.3) is 0 Å². The molecule has 0 saturated carbocycles. The average Bonchev–Trinajstić information content (AvgIpc) is 2.54. The largest absolute Gasteiger partial charge is 0.401 e. The smallest absolute Gasteiger partial charge is 0.147 e. The summed E-state index contributed by atoms with van der Waals surface area (Å²) in [6.45, 7) is 7.98. The number of carbonyl (C=O) groups excluding carboxylic acids is 1. The fraction of sp³-hybridized carbons (Fsp3) is 0.368. The van der Waals surface area contributed by atoms with Crippen LogP contribution in [0, 0.1) is 12.8 Å². The highest BCUT2D eigenvalue weighted by Crippen LogP contribution is 2.35. The standard InChI is InChI=1S/C17H19ClN2O.C2H6/c1-10-4-6-12(7-5-10)17(20-3)15-14(19)8-11(2)13(9-21)16(15)18;1-2/h4-7,9,11H,8,19H2,1-3H3;1-2H3. The minimum Gasteiger partial charge on any atom is -0.401 e. The molecule has 2 rings (SSSR count). The molecule has 4 heteroatoms. The number of nitrogens with zero attached hydrogens (tertiary/aromatic N) is 1. The van der Waals surface area contributed by atoms with E-state index in [0.29, 0.717) is 28.3 Å². The number of aryl methyl sites for hydroxylation is 1. The summed E-state index contributed by atoms with van der Waals surface area (Å²) < 4.78 is 0. The Balaban J connectivity index is 0.00000127. The molecule has 1 unspecified atom stereocenters. The zero-order valence-electron chi connectivity index (χ0n) is 14.5. The third kappa shape index (κ3) is 4.11. The van der Waals surface area contributed by atoms with Crippen LogP contribution < -0.4 is 5.73 Å². The van der Waals surface area contributed by atoms with Crippen molar-refractivity contribution in [2.45, 2.75) is 34.1 Å². The second-order valence-corrected chi connectivity index (χ2v) is 5.71. The highest BCUT2D eigenvalue weighted by Gasteiger charge is 2.27. The predicted molar refractivity (Wildman–Crippen MR) is 98.9 cm³/mol. The van der Waals surface area contributed by atoms with Crippen LogP contribution in [0.15, 0.2) is 51.1 Å². The number of rotatable bonds is 3. The van der Waals surface area contributed by atoms with E-state index >= 15 is 0 Å². The maximum Gasteiger partial charge on any atom is 0.147 e. The van der Waals surface area contributed by atoms with Crippen molar-refractivity contribution in [3.63, 3.8) is 0 Å². The van der Waals surface area contributed by atoms with Gasteiger partial charge in [-0.3, -0.25) is 9.79 Å². The van der Waals surface area contributed by atoms with Crippen molar-refractivity contribution < 1.29 is 4.79 Å². The van der Waals surface area contributed by atoms with Gasteiger partial charge in [0.15, 0.2) is 0 Å². The molecule has 0 radical (unpaired) electrons. The number of aldehydes is 1. The van der Waals surface area contributed by atoms with Gasteiger partial charge in [-0.15, -0.1) is 0 Å². The zero-order valence-corrected chi connectivity index (χ0v) is 15.2. The number of halogens is 1. The number of carbonyl (C=O) groups is 1. The van der Waals surface area contributed by atoms with E-state index in [-0.39, 0.29) is 5.92 Å². The molecule has 3 nitrogen and oxygen atoms in total. The normalized spacial score (nSPS) is 18.5. The Kier molecular flexibility index (Phi) is 7.24. The van der Waals surface area contributed by atoms with Crippen LogP contribution in [0.2, 0.25) is 0 Å². The Morgan fingerprint density at radius 3 is 2.35 bits per heavy atom. The van der Waals surface area contributed by atoms with Gasteiger partial charge in [0.1, 0.15) is 6.29 Å². The molecule has 2 N–H and O–H groups in total. The number of allylic oxidation sites excluding steroid dienone is 4. The van der Waals surface area contributed by atoms with E-state index in [1.165, 1.54) is 5.56 Å². The number of nitrogens with two attached hydrogens (primary N) is 1. The first-order valence-electron chi connectivity index (χ1n) is 7.87. The Labute approximate surface area is 143 Å². The van der Waals surface area contributed by atoms with Crippen LogP contribution >= 0.6 is 11.6 Å². The lowest BCUT2D eigenvalue weighted by Gasteiger charge is -2.24. The third-order valence-corrected chi connectivity index (χ3v) is 4.17. The lowest BCUT2D eigenvalue weighted by atomic mass is 9.85. The van der Waals surface area contributed by atoms with E-state index in [4.69, 9.17) is 17.3 Å². The van der Waals surface area contributed by atoms with Crippen molar-refractivity contribution >= 4 is 23.6 Å². The number of hydrogen-bond acceptors (Lipinski definition) is 3. The van der Waals surface area contributed by atoms with Gasteiger partial charge in [-0.25, -0.2) is 0 Å². The average molecular weight is 333 g/mol. The summed E-state index contributed by atoms with van der Waals surface area (Å²) in [6.07, 6.45) is 1.44. The van der Waals surface area contributed by atoms with Gasteiger partial charge in [0.05, 0.1) is 10.7 Å². The zero-order chi connectivity index (χ0) is 17.6. The summed E-state index contributed by atoms with van der Waals surface area (Å²) >= 11 is 6.42. The summed E-state index contributed by atoms with van der Waals surface area (Å²) in [6, 6.07) is 8.00. The van der Waals surface area contributed by atoms with Crippen LogP contribution in [0.4, 0.5) is 0 Å². The van der Waals surface area contributed by atoms with Crippen LogP contribution in [0.5, 0.6) is 0 Å². The van der Waals surface area contributed by atoms with Gasteiger partial charge in [0.2, 0.25) is 0 Å². The van der Waals surface area contributed by atoms with Gasteiger partial charge < -0.3 is 5.73 Å². The summed E-state index contributed by atoms with van der Waals surface area (Å²) in [4.78, 5) is 15.6. The molecule has 0 aliphatic heterocycles. The van der Waals surface area contributed by atoms with Crippen LogP contribution in [0.25, 0.3) is 0 Å². The van der Waals surface area contributed by atoms with Crippen molar-refractivity contribution in [2.75, 3.05) is 7.05 Å². The van der Waals surface area contributed by atoms with E-state index in [9.17, 15) is 4.79 Å². The number of benzene rings is 1. The minimum atomic E-state index is 0.0369. The summed E-state index contributed by atoms with van der Waals surface area (Å²) in [5.74, 6) is 0.0369. The molecule has 23 heavy (non-hydrogen) atoms. The van der Waals surface area contributed by atoms with Crippen molar-refractivity contribution in [2.24, 2.45) is 16.6 Å². The predicted octanol–water partition coefficient (Wildman–Crippen LogP) is 4.38. The van der Waals surface area contributed by atoms with Gasteiger partial charge in [-0.1, -0.05) is 62.2 Å². The topological polar surface area (TPSA) is 55.4 Å². The molecule has 1 aromatic carbocycles. The number of hydrogen-bond donors (Lipinski definition) is 1. The van der Waals surface area contributed by atoms with Gasteiger partial charge in [-0.05, 0) is 19.3 Å². The van der Waals surface area contributed by atoms with Crippen molar-refractivity contribution in [3.8, 4) is 0 Å². The molecular weight excluding hydrogens is 308 g/mol. The molecule has 1 aliphatic carbocycles. The van der Waals surface area contributed by atoms with Gasteiger partial charge in [0, 0.05) is 29.5 Å². The van der Waals surface area contributed by atoms with Crippen LogP contribution in [0.1, 0.15) is 38.3 Å². The van der Waals surface area contributed by atoms with E-state index < -0.39 is 0 Å².